The number of halogens is 2. The Labute approximate surface area is 268 Å². The Morgan fingerprint density at radius 1 is 0.978 bits per heavy atom. The number of imidazole rings is 1. The predicted molar refractivity (Wildman–Crippen MR) is 177 cm³/mol. The van der Waals surface area contributed by atoms with E-state index in [9.17, 15) is 13.6 Å². The van der Waals surface area contributed by atoms with E-state index in [0.717, 1.165) is 63.4 Å². The molecule has 0 amide bonds. The number of ketones is 1. The molecule has 0 bridgehead atoms. The Morgan fingerprint density at radius 3 is 2.29 bits per heavy atom. The minimum Gasteiger partial charge on any atom is -0.366 e. The van der Waals surface area contributed by atoms with Gasteiger partial charge in [-0.05, 0) is 101 Å². The monoisotopic (exact) mass is 616 g/mol. The summed E-state index contributed by atoms with van der Waals surface area (Å²) in [5.74, 6) is 2.26. The fraction of sp³-hybridized carbons (Fsp3) is 0.579. The first kappa shape index (κ1) is 31.9. The number of piperidine rings is 1. The van der Waals surface area contributed by atoms with Crippen molar-refractivity contribution < 1.29 is 13.6 Å². The van der Waals surface area contributed by atoms with Crippen molar-refractivity contribution in [3.05, 3.63) is 82.9 Å². The molecule has 0 spiro atoms. The van der Waals surface area contributed by atoms with Gasteiger partial charge < -0.3 is 14.4 Å². The summed E-state index contributed by atoms with van der Waals surface area (Å²) in [6.45, 7) is 13.2. The maximum atomic E-state index is 14.6. The van der Waals surface area contributed by atoms with Gasteiger partial charge in [-0.15, -0.1) is 0 Å². The van der Waals surface area contributed by atoms with Crippen LogP contribution in [0.2, 0.25) is 0 Å². The second-order valence-corrected chi connectivity index (χ2v) is 14.3. The van der Waals surface area contributed by atoms with E-state index < -0.39 is 11.6 Å². The van der Waals surface area contributed by atoms with E-state index in [0.29, 0.717) is 60.9 Å². The van der Waals surface area contributed by atoms with Crippen molar-refractivity contribution >= 4 is 11.5 Å². The molecule has 2 aromatic carbocycles. The highest BCUT2D eigenvalue weighted by Crippen LogP contribution is 2.54. The zero-order valence-corrected chi connectivity index (χ0v) is 27.6. The molecule has 45 heavy (non-hydrogen) atoms. The summed E-state index contributed by atoms with van der Waals surface area (Å²) in [6.07, 6.45) is 9.19. The number of hydrogen-bond acceptors (Lipinski definition) is 4. The average molecular weight is 617 g/mol. The van der Waals surface area contributed by atoms with Crippen LogP contribution in [-0.4, -0.2) is 53.0 Å². The molecule has 7 heteroatoms. The van der Waals surface area contributed by atoms with Crippen LogP contribution in [-0.2, 0) is 16.8 Å². The minimum atomic E-state index is -0.460. The number of aryl methyl sites for hydroxylation is 3. The lowest BCUT2D eigenvalue weighted by atomic mass is 9.56. The van der Waals surface area contributed by atoms with Gasteiger partial charge in [0.25, 0.3) is 0 Å². The summed E-state index contributed by atoms with van der Waals surface area (Å²) in [4.78, 5) is 22.1. The molecule has 1 aliphatic carbocycles. The van der Waals surface area contributed by atoms with Crippen molar-refractivity contribution in [3.8, 4) is 0 Å². The fourth-order valence-electron chi connectivity index (χ4n) is 9.20. The van der Waals surface area contributed by atoms with E-state index >= 15 is 0 Å². The number of likely N-dealkylation sites (tertiary alicyclic amines) is 1. The molecule has 6 rings (SSSR count). The number of Topliss-reactive ketones (excluding diaryl/α,β-unsaturated/α-hetero) is 1. The Bertz CT molecular complexity index is 1450. The van der Waals surface area contributed by atoms with Crippen molar-refractivity contribution in [3.63, 3.8) is 0 Å². The molecule has 5 nitrogen and oxygen atoms in total. The number of nitrogens with zero attached hydrogens (tertiary/aromatic N) is 4. The van der Waals surface area contributed by atoms with Crippen LogP contribution < -0.4 is 4.90 Å². The molecule has 3 fully saturated rings. The largest absolute Gasteiger partial charge is 0.366 e. The SMILES string of the molecule is CCC(=O)C[C@H]1CCC[C@@H]1[C@](Cn1cc(C)nc1C)(c1ccccc1)C1CCN(CC2CN(c3c(F)cc(C)cc3F)C2)CC1. The smallest absolute Gasteiger partial charge is 0.149 e. The Balaban J connectivity index is 1.22. The summed E-state index contributed by atoms with van der Waals surface area (Å²) in [5.41, 5.74) is 3.11. The van der Waals surface area contributed by atoms with E-state index in [1.165, 1.54) is 24.1 Å². The minimum absolute atomic E-state index is 0.0891. The van der Waals surface area contributed by atoms with Crippen molar-refractivity contribution in [2.45, 2.75) is 84.6 Å². The van der Waals surface area contributed by atoms with Gasteiger partial charge >= 0.3 is 0 Å². The number of carbonyl (C=O) groups is 1. The quantitative estimate of drug-likeness (QED) is 0.222. The standard InChI is InChI=1S/C38H50F2N4O/c1-5-33(45)20-30-10-9-13-34(30)38(31-11-7-6-8-12-31,25-44-21-27(3)41-28(44)4)32-14-16-42(17-15-32)22-29-23-43(24-29)37-35(39)18-26(2)19-36(37)40/h6-8,11-12,18-19,21,29-30,32,34H,5,9-10,13-17,20,22-25H2,1-4H3/t30-,34+,38-/m1/s1. The molecule has 242 valence electrons. The summed E-state index contributed by atoms with van der Waals surface area (Å²) >= 11 is 0. The molecule has 0 N–H and O–H groups in total. The molecule has 0 radical (unpaired) electrons. The number of hydrogen-bond donors (Lipinski definition) is 0. The average Bonchev–Trinajstić information content (AvgIpc) is 3.59. The van der Waals surface area contributed by atoms with E-state index in [-0.39, 0.29) is 11.1 Å². The van der Waals surface area contributed by atoms with E-state index in [1.54, 1.807) is 6.92 Å². The first-order chi connectivity index (χ1) is 21.7. The number of anilines is 1. The fourth-order valence-corrected chi connectivity index (χ4v) is 9.20. The molecule has 2 aliphatic heterocycles. The Kier molecular flexibility index (Phi) is 9.47. The number of rotatable bonds is 11. The van der Waals surface area contributed by atoms with Gasteiger partial charge in [0.1, 0.15) is 28.9 Å². The van der Waals surface area contributed by atoms with Crippen molar-refractivity contribution in [1.29, 1.82) is 0 Å². The maximum absolute atomic E-state index is 14.6. The lowest BCUT2D eigenvalue weighted by Gasteiger charge is -2.52. The zero-order valence-electron chi connectivity index (χ0n) is 27.6. The van der Waals surface area contributed by atoms with Gasteiger partial charge in [-0.3, -0.25) is 4.79 Å². The maximum Gasteiger partial charge on any atom is 0.149 e. The van der Waals surface area contributed by atoms with Crippen molar-refractivity contribution in [1.82, 2.24) is 14.5 Å². The number of aromatic nitrogens is 2. The summed E-state index contributed by atoms with van der Waals surface area (Å²) in [5, 5.41) is 0. The molecular weight excluding hydrogens is 566 g/mol. The molecule has 3 aromatic rings. The Hall–Kier alpha value is -3.06. The second-order valence-electron chi connectivity index (χ2n) is 14.3. The molecule has 1 aromatic heterocycles. The van der Waals surface area contributed by atoms with Crippen molar-refractivity contribution in [2.24, 2.45) is 23.7 Å². The summed E-state index contributed by atoms with van der Waals surface area (Å²) in [6, 6.07) is 14.0. The van der Waals surface area contributed by atoms with Crippen LogP contribution in [0, 0.1) is 56.1 Å². The van der Waals surface area contributed by atoms with Crippen LogP contribution >= 0.6 is 0 Å². The topological polar surface area (TPSA) is 41.4 Å². The van der Waals surface area contributed by atoms with Crippen molar-refractivity contribution in [2.75, 3.05) is 37.6 Å². The van der Waals surface area contributed by atoms with Gasteiger partial charge in [0, 0.05) is 56.6 Å². The molecule has 3 aliphatic rings. The van der Waals surface area contributed by atoms with Crippen LogP contribution in [0.3, 0.4) is 0 Å². The van der Waals surface area contributed by atoms with Gasteiger partial charge in [-0.2, -0.15) is 0 Å². The van der Waals surface area contributed by atoms with Crippen LogP contribution in [0.25, 0.3) is 0 Å². The molecule has 2 saturated heterocycles. The molecule has 0 unspecified atom stereocenters. The number of carbonyl (C=O) groups excluding carboxylic acids is 1. The summed E-state index contributed by atoms with van der Waals surface area (Å²) < 4.78 is 31.5. The van der Waals surface area contributed by atoms with Gasteiger partial charge in [0.05, 0.1) is 5.69 Å². The van der Waals surface area contributed by atoms with Crippen LogP contribution in [0.5, 0.6) is 0 Å². The lowest BCUT2D eigenvalue weighted by Crippen LogP contribution is -2.55. The third kappa shape index (κ3) is 6.47. The van der Waals surface area contributed by atoms with Crippen LogP contribution in [0.1, 0.15) is 74.5 Å². The highest BCUT2D eigenvalue weighted by molar-refractivity contribution is 5.78. The van der Waals surface area contributed by atoms with Gasteiger partial charge in [0.15, 0.2) is 0 Å². The summed E-state index contributed by atoms with van der Waals surface area (Å²) in [7, 11) is 0. The molecule has 3 heterocycles. The van der Waals surface area contributed by atoms with E-state index in [2.05, 4.69) is 59.8 Å². The first-order valence-corrected chi connectivity index (χ1v) is 17.2. The third-order valence-electron chi connectivity index (χ3n) is 11.3. The van der Waals surface area contributed by atoms with Gasteiger partial charge in [0.2, 0.25) is 0 Å². The first-order valence-electron chi connectivity index (χ1n) is 17.2. The zero-order chi connectivity index (χ0) is 31.7. The highest BCUT2D eigenvalue weighted by Gasteiger charge is 2.52. The Morgan fingerprint density at radius 2 is 1.67 bits per heavy atom. The van der Waals surface area contributed by atoms with E-state index in [4.69, 9.17) is 4.98 Å². The van der Waals surface area contributed by atoms with Crippen LogP contribution in [0.4, 0.5) is 14.5 Å². The second kappa shape index (κ2) is 13.4. The molecule has 1 saturated carbocycles. The van der Waals surface area contributed by atoms with Gasteiger partial charge in [-0.1, -0.05) is 43.7 Å². The third-order valence-corrected chi connectivity index (χ3v) is 11.3. The highest BCUT2D eigenvalue weighted by atomic mass is 19.1. The molecule has 3 atom stereocenters. The van der Waals surface area contributed by atoms with Gasteiger partial charge in [-0.25, -0.2) is 13.8 Å². The number of benzene rings is 2. The van der Waals surface area contributed by atoms with Crippen LogP contribution in [0.15, 0.2) is 48.7 Å². The predicted octanol–water partition coefficient (Wildman–Crippen LogP) is 7.66. The van der Waals surface area contributed by atoms with E-state index in [1.807, 2.05) is 11.8 Å². The molecular formula is C38H50F2N4O. The normalized spacial score (nSPS) is 22.8. The lowest BCUT2D eigenvalue weighted by molar-refractivity contribution is -0.120.